The number of nitrogens with two attached hydrogens (primary N) is 1. The van der Waals surface area contributed by atoms with Crippen LogP contribution in [0.5, 0.6) is 11.5 Å². The molecule has 0 bridgehead atoms. The van der Waals surface area contributed by atoms with E-state index in [0.717, 1.165) is 18.4 Å². The number of phenols is 2. The molecule has 15 heavy (non-hydrogen) atoms. The van der Waals surface area contributed by atoms with Crippen molar-refractivity contribution >= 4 is 0 Å². The molecule has 0 aliphatic heterocycles. The molecule has 0 radical (unpaired) electrons. The first kappa shape index (κ1) is 10.3. The van der Waals surface area contributed by atoms with E-state index in [2.05, 4.69) is 0 Å². The summed E-state index contributed by atoms with van der Waals surface area (Å²) in [6.45, 7) is 0. The Bertz CT molecular complexity index is 345. The first-order valence-corrected chi connectivity index (χ1v) is 5.46. The average Bonchev–Trinajstić information content (AvgIpc) is 2.69. The fourth-order valence-corrected chi connectivity index (χ4v) is 2.38. The molecule has 1 saturated carbocycles. The van der Waals surface area contributed by atoms with Gasteiger partial charge in [-0.15, -0.1) is 0 Å². The lowest BCUT2D eigenvalue weighted by Crippen LogP contribution is -2.19. The summed E-state index contributed by atoms with van der Waals surface area (Å²) < 4.78 is 0. The van der Waals surface area contributed by atoms with E-state index >= 15 is 0 Å². The maximum atomic E-state index is 9.68. The molecule has 1 atom stereocenters. The zero-order valence-electron chi connectivity index (χ0n) is 8.69. The van der Waals surface area contributed by atoms with Crippen LogP contribution in [0.4, 0.5) is 0 Å². The highest BCUT2D eigenvalue weighted by molar-refractivity contribution is 5.40. The molecule has 1 aromatic carbocycles. The number of phenolic OH excluding ortho intramolecular Hbond substituents is 2. The molecular formula is C12H17NO2. The van der Waals surface area contributed by atoms with Crippen molar-refractivity contribution in [3.8, 4) is 11.5 Å². The van der Waals surface area contributed by atoms with Crippen LogP contribution in [0, 0.1) is 5.92 Å². The second-order valence-corrected chi connectivity index (χ2v) is 4.31. The Labute approximate surface area is 89.5 Å². The van der Waals surface area contributed by atoms with Gasteiger partial charge in [0.25, 0.3) is 0 Å². The largest absolute Gasteiger partial charge is 0.508 e. The summed E-state index contributed by atoms with van der Waals surface area (Å²) in [4.78, 5) is 0. The van der Waals surface area contributed by atoms with E-state index in [1.54, 1.807) is 12.1 Å². The van der Waals surface area contributed by atoms with Gasteiger partial charge in [0.05, 0.1) is 0 Å². The van der Waals surface area contributed by atoms with Gasteiger partial charge in [-0.05, 0) is 24.8 Å². The van der Waals surface area contributed by atoms with Crippen LogP contribution in [0.2, 0.25) is 0 Å². The molecule has 0 amide bonds. The summed E-state index contributed by atoms with van der Waals surface area (Å²) >= 11 is 0. The first-order valence-electron chi connectivity index (χ1n) is 5.46. The SMILES string of the molecule is N[C@@H](c1ccc(O)cc1O)C1CCCC1. The van der Waals surface area contributed by atoms with Gasteiger partial charge in [-0.1, -0.05) is 18.9 Å². The smallest absolute Gasteiger partial charge is 0.124 e. The van der Waals surface area contributed by atoms with Crippen LogP contribution in [0.25, 0.3) is 0 Å². The van der Waals surface area contributed by atoms with Crippen molar-refractivity contribution in [1.82, 2.24) is 0 Å². The van der Waals surface area contributed by atoms with E-state index in [1.807, 2.05) is 0 Å². The van der Waals surface area contributed by atoms with Crippen molar-refractivity contribution in [2.45, 2.75) is 31.7 Å². The number of hydrogen-bond acceptors (Lipinski definition) is 3. The van der Waals surface area contributed by atoms with Crippen LogP contribution in [0.3, 0.4) is 0 Å². The number of hydrogen-bond donors (Lipinski definition) is 3. The van der Waals surface area contributed by atoms with Crippen LogP contribution < -0.4 is 5.73 Å². The van der Waals surface area contributed by atoms with Gasteiger partial charge >= 0.3 is 0 Å². The first-order chi connectivity index (χ1) is 7.18. The second-order valence-electron chi connectivity index (χ2n) is 4.31. The molecule has 3 heteroatoms. The quantitative estimate of drug-likeness (QED) is 0.697. The zero-order chi connectivity index (χ0) is 10.8. The number of benzene rings is 1. The predicted molar refractivity (Wildman–Crippen MR) is 58.7 cm³/mol. The molecule has 82 valence electrons. The van der Waals surface area contributed by atoms with Crippen LogP contribution in [0.1, 0.15) is 37.3 Å². The topological polar surface area (TPSA) is 66.5 Å². The third kappa shape index (κ3) is 2.07. The van der Waals surface area contributed by atoms with Crippen LogP contribution in [0.15, 0.2) is 18.2 Å². The monoisotopic (exact) mass is 207 g/mol. The van der Waals surface area contributed by atoms with Crippen molar-refractivity contribution in [2.24, 2.45) is 11.7 Å². The van der Waals surface area contributed by atoms with Crippen molar-refractivity contribution in [1.29, 1.82) is 0 Å². The second kappa shape index (κ2) is 4.11. The fraction of sp³-hybridized carbons (Fsp3) is 0.500. The molecule has 0 unspecified atom stereocenters. The van der Waals surface area contributed by atoms with Crippen molar-refractivity contribution in [3.05, 3.63) is 23.8 Å². The average molecular weight is 207 g/mol. The Morgan fingerprint density at radius 3 is 2.47 bits per heavy atom. The number of rotatable bonds is 2. The molecule has 0 heterocycles. The summed E-state index contributed by atoms with van der Waals surface area (Å²) in [7, 11) is 0. The molecule has 4 N–H and O–H groups in total. The van der Waals surface area contributed by atoms with Gasteiger partial charge in [0.1, 0.15) is 11.5 Å². The Hall–Kier alpha value is -1.22. The third-order valence-corrected chi connectivity index (χ3v) is 3.28. The highest BCUT2D eigenvalue weighted by Crippen LogP contribution is 2.37. The van der Waals surface area contributed by atoms with Gasteiger partial charge in [-0.2, -0.15) is 0 Å². The van der Waals surface area contributed by atoms with Gasteiger partial charge in [0, 0.05) is 17.7 Å². The summed E-state index contributed by atoms with van der Waals surface area (Å²) in [5, 5.41) is 18.9. The third-order valence-electron chi connectivity index (χ3n) is 3.28. The summed E-state index contributed by atoms with van der Waals surface area (Å²) in [6, 6.07) is 4.54. The van der Waals surface area contributed by atoms with Crippen LogP contribution in [-0.2, 0) is 0 Å². The van der Waals surface area contributed by atoms with E-state index in [4.69, 9.17) is 5.73 Å². The van der Waals surface area contributed by atoms with Gasteiger partial charge in [0.15, 0.2) is 0 Å². The van der Waals surface area contributed by atoms with E-state index in [9.17, 15) is 10.2 Å². The molecule has 3 nitrogen and oxygen atoms in total. The molecule has 0 aromatic heterocycles. The van der Waals surface area contributed by atoms with E-state index in [0.29, 0.717) is 5.92 Å². The lowest BCUT2D eigenvalue weighted by atomic mass is 9.92. The van der Waals surface area contributed by atoms with Crippen LogP contribution >= 0.6 is 0 Å². The fourth-order valence-electron chi connectivity index (χ4n) is 2.38. The Balaban J connectivity index is 2.20. The number of aromatic hydroxyl groups is 2. The minimum Gasteiger partial charge on any atom is -0.508 e. The Morgan fingerprint density at radius 2 is 1.87 bits per heavy atom. The summed E-state index contributed by atoms with van der Waals surface area (Å²) in [6.07, 6.45) is 4.75. The van der Waals surface area contributed by atoms with Crippen molar-refractivity contribution < 1.29 is 10.2 Å². The predicted octanol–water partition coefficient (Wildman–Crippen LogP) is 2.29. The van der Waals surface area contributed by atoms with E-state index < -0.39 is 0 Å². The maximum absolute atomic E-state index is 9.68. The highest BCUT2D eigenvalue weighted by Gasteiger charge is 2.24. The molecular weight excluding hydrogens is 190 g/mol. The van der Waals surface area contributed by atoms with Gasteiger partial charge < -0.3 is 15.9 Å². The minimum atomic E-state index is -0.104. The summed E-state index contributed by atoms with van der Waals surface area (Å²) in [5.41, 5.74) is 6.86. The van der Waals surface area contributed by atoms with Crippen molar-refractivity contribution in [2.75, 3.05) is 0 Å². The lowest BCUT2D eigenvalue weighted by Gasteiger charge is -2.20. The molecule has 0 spiro atoms. The van der Waals surface area contributed by atoms with E-state index in [-0.39, 0.29) is 17.5 Å². The van der Waals surface area contributed by atoms with Gasteiger partial charge in [-0.25, -0.2) is 0 Å². The van der Waals surface area contributed by atoms with Crippen molar-refractivity contribution in [3.63, 3.8) is 0 Å². The van der Waals surface area contributed by atoms with E-state index in [1.165, 1.54) is 18.9 Å². The molecule has 0 saturated heterocycles. The molecule has 1 fully saturated rings. The van der Waals surface area contributed by atoms with Crippen LogP contribution in [-0.4, -0.2) is 10.2 Å². The normalized spacial score (nSPS) is 19.3. The minimum absolute atomic E-state index is 0.0786. The lowest BCUT2D eigenvalue weighted by molar-refractivity contribution is 0.407. The Kier molecular flexibility index (Phi) is 2.82. The zero-order valence-corrected chi connectivity index (χ0v) is 8.69. The van der Waals surface area contributed by atoms with Gasteiger partial charge in [0.2, 0.25) is 0 Å². The Morgan fingerprint density at radius 1 is 1.20 bits per heavy atom. The van der Waals surface area contributed by atoms with Gasteiger partial charge in [-0.3, -0.25) is 0 Å². The highest BCUT2D eigenvalue weighted by atomic mass is 16.3. The molecule has 2 rings (SSSR count). The maximum Gasteiger partial charge on any atom is 0.124 e. The molecule has 1 aromatic rings. The summed E-state index contributed by atoms with van der Waals surface area (Å²) in [5.74, 6) is 0.657. The molecule has 1 aliphatic carbocycles. The molecule has 1 aliphatic rings. The standard InChI is InChI=1S/C12H17NO2/c13-12(8-3-1-2-4-8)10-6-5-9(14)7-11(10)15/h5-8,12,14-15H,1-4,13H2/t12-/m1/s1.